The van der Waals surface area contributed by atoms with Crippen molar-refractivity contribution in [3.8, 4) is 28.5 Å². The minimum absolute atomic E-state index is 0.0612. The number of imidazole rings is 1. The van der Waals surface area contributed by atoms with Crippen molar-refractivity contribution in [1.82, 2.24) is 29.5 Å². The van der Waals surface area contributed by atoms with E-state index in [2.05, 4.69) is 27.2 Å². The minimum Gasteiger partial charge on any atom is -0.380 e. The van der Waals surface area contributed by atoms with E-state index in [1.165, 1.54) is 12.1 Å². The van der Waals surface area contributed by atoms with Crippen molar-refractivity contribution in [3.63, 3.8) is 0 Å². The van der Waals surface area contributed by atoms with Crippen LogP contribution >= 0.6 is 0 Å². The van der Waals surface area contributed by atoms with Crippen LogP contribution in [-0.2, 0) is 11.8 Å². The number of hydrogen-bond acceptors (Lipinski definition) is 6. The maximum absolute atomic E-state index is 13.3. The number of nitrogens with zero attached hydrogens (tertiary/aromatic N) is 6. The van der Waals surface area contributed by atoms with Gasteiger partial charge in [-0.3, -0.25) is 9.36 Å². The van der Waals surface area contributed by atoms with Gasteiger partial charge in [0.05, 0.1) is 13.2 Å². The van der Waals surface area contributed by atoms with Crippen LogP contribution in [0.2, 0.25) is 0 Å². The Bertz CT molecular complexity index is 1270. The number of halogens is 1. The predicted molar refractivity (Wildman–Crippen MR) is 115 cm³/mol. The van der Waals surface area contributed by atoms with E-state index in [-0.39, 0.29) is 17.0 Å². The molecule has 4 aromatic rings. The van der Waals surface area contributed by atoms with Gasteiger partial charge in [0.1, 0.15) is 35.0 Å². The molecule has 0 saturated carbocycles. The number of aromatic nitrogens is 6. The van der Waals surface area contributed by atoms with Crippen LogP contribution in [0.5, 0.6) is 0 Å². The molecule has 1 aromatic carbocycles. The molecule has 1 aliphatic rings. The van der Waals surface area contributed by atoms with Gasteiger partial charge in [-0.1, -0.05) is 12.1 Å². The molecule has 5 rings (SSSR count). The summed E-state index contributed by atoms with van der Waals surface area (Å²) in [6, 6.07) is 9.67. The Kier molecular flexibility index (Phi) is 4.90. The van der Waals surface area contributed by atoms with E-state index in [0.29, 0.717) is 48.1 Å². The lowest BCUT2D eigenvalue weighted by atomic mass is 9.82. The van der Waals surface area contributed by atoms with Crippen LogP contribution in [0, 0.1) is 11.2 Å². The lowest BCUT2D eigenvalue weighted by molar-refractivity contribution is -0.0996. The summed E-state index contributed by atoms with van der Waals surface area (Å²) in [5.41, 5.74) is 3.22. The van der Waals surface area contributed by atoms with Gasteiger partial charge in [-0.15, -0.1) is 5.10 Å². The first-order valence-electron chi connectivity index (χ1n) is 10.2. The zero-order chi connectivity index (χ0) is 22.3. The fourth-order valence-corrected chi connectivity index (χ4v) is 3.76. The lowest BCUT2D eigenvalue weighted by Gasteiger charge is -2.37. The summed E-state index contributed by atoms with van der Waals surface area (Å²) in [6.07, 6.45) is 5.51. The number of pyridine rings is 1. The van der Waals surface area contributed by atoms with Crippen molar-refractivity contribution in [2.75, 3.05) is 13.2 Å². The van der Waals surface area contributed by atoms with E-state index in [4.69, 9.17) is 4.74 Å². The van der Waals surface area contributed by atoms with Crippen molar-refractivity contribution in [2.45, 2.75) is 13.3 Å². The van der Waals surface area contributed by atoms with Crippen LogP contribution < -0.4 is 0 Å². The highest BCUT2D eigenvalue weighted by Gasteiger charge is 2.35. The Labute approximate surface area is 183 Å². The highest BCUT2D eigenvalue weighted by atomic mass is 19.1. The molecule has 1 fully saturated rings. The van der Waals surface area contributed by atoms with E-state index in [1.807, 2.05) is 6.20 Å². The largest absolute Gasteiger partial charge is 0.380 e. The molecule has 162 valence electrons. The van der Waals surface area contributed by atoms with Crippen molar-refractivity contribution in [1.29, 1.82) is 0 Å². The SMILES string of the molecule is Cn1nnc(-c2ccc(F)cc2)c1-c1cn(-c2ccc(C(=O)CC3(C)COC3)cn2)cn1. The molecule has 8 nitrogen and oxygen atoms in total. The first-order valence-corrected chi connectivity index (χ1v) is 10.2. The average Bonchev–Trinajstić information content (AvgIpc) is 3.40. The number of benzene rings is 1. The number of carbonyl (C=O) groups excluding carboxylic acids is 1. The van der Waals surface area contributed by atoms with Crippen molar-refractivity contribution in [2.24, 2.45) is 12.5 Å². The van der Waals surface area contributed by atoms with E-state index < -0.39 is 0 Å². The standard InChI is InChI=1S/C23H21FN6O2/c1-23(12-32-13-23)9-19(31)16-5-8-20(25-10-16)30-11-18(26-14-30)22-21(27-28-29(22)2)15-3-6-17(24)7-4-15/h3-8,10-11,14H,9,12-13H2,1-2H3. The Hall–Kier alpha value is -3.72. The third-order valence-corrected chi connectivity index (χ3v) is 5.59. The van der Waals surface area contributed by atoms with Gasteiger partial charge in [-0.05, 0) is 36.4 Å². The number of ketones is 1. The van der Waals surface area contributed by atoms with E-state index in [0.717, 1.165) is 5.56 Å². The molecule has 0 N–H and O–H groups in total. The molecule has 3 aromatic heterocycles. The number of rotatable bonds is 6. The highest BCUT2D eigenvalue weighted by Crippen LogP contribution is 2.32. The lowest BCUT2D eigenvalue weighted by Crippen LogP contribution is -2.41. The van der Waals surface area contributed by atoms with Gasteiger partial charge >= 0.3 is 0 Å². The molecule has 9 heteroatoms. The molecule has 0 bridgehead atoms. The molecular weight excluding hydrogens is 411 g/mol. The Morgan fingerprint density at radius 2 is 1.94 bits per heavy atom. The summed E-state index contributed by atoms with van der Waals surface area (Å²) >= 11 is 0. The fraction of sp³-hybridized carbons (Fsp3) is 0.261. The Balaban J connectivity index is 1.39. The summed E-state index contributed by atoms with van der Waals surface area (Å²) in [7, 11) is 1.78. The van der Waals surface area contributed by atoms with E-state index in [9.17, 15) is 9.18 Å². The molecule has 4 heterocycles. The zero-order valence-corrected chi connectivity index (χ0v) is 17.7. The molecule has 0 atom stereocenters. The zero-order valence-electron chi connectivity index (χ0n) is 17.7. The van der Waals surface area contributed by atoms with Crippen LogP contribution in [0.1, 0.15) is 23.7 Å². The van der Waals surface area contributed by atoms with E-state index in [1.54, 1.807) is 53.1 Å². The van der Waals surface area contributed by atoms with Gasteiger partial charge in [-0.2, -0.15) is 0 Å². The molecule has 0 aliphatic carbocycles. The van der Waals surface area contributed by atoms with Crippen LogP contribution in [0.15, 0.2) is 55.1 Å². The third-order valence-electron chi connectivity index (χ3n) is 5.59. The highest BCUT2D eigenvalue weighted by molar-refractivity contribution is 5.96. The van der Waals surface area contributed by atoms with Gasteiger partial charge < -0.3 is 4.74 Å². The molecule has 0 amide bonds. The predicted octanol–water partition coefficient (Wildman–Crippen LogP) is 3.48. The Morgan fingerprint density at radius 3 is 2.59 bits per heavy atom. The minimum atomic E-state index is -0.313. The van der Waals surface area contributed by atoms with Crippen molar-refractivity contribution < 1.29 is 13.9 Å². The smallest absolute Gasteiger partial charge is 0.165 e. The van der Waals surface area contributed by atoms with Crippen LogP contribution in [0.25, 0.3) is 28.5 Å². The van der Waals surface area contributed by atoms with Crippen LogP contribution in [-0.4, -0.2) is 48.5 Å². The average molecular weight is 432 g/mol. The summed E-state index contributed by atoms with van der Waals surface area (Å²) in [5, 5.41) is 8.33. The normalized spacial score (nSPS) is 14.8. The van der Waals surface area contributed by atoms with Crippen molar-refractivity contribution >= 4 is 5.78 Å². The van der Waals surface area contributed by atoms with Crippen LogP contribution in [0.3, 0.4) is 0 Å². The summed E-state index contributed by atoms with van der Waals surface area (Å²) < 4.78 is 21.9. The number of Topliss-reactive ketones (excluding diaryl/α,β-unsaturated/α-hetero) is 1. The summed E-state index contributed by atoms with van der Waals surface area (Å²) in [6.45, 7) is 3.28. The van der Waals surface area contributed by atoms with Gasteiger partial charge in [0.25, 0.3) is 0 Å². The third kappa shape index (κ3) is 3.71. The first kappa shape index (κ1) is 20.2. The quantitative estimate of drug-likeness (QED) is 0.434. The molecule has 0 unspecified atom stereocenters. The van der Waals surface area contributed by atoms with Gasteiger partial charge in [0.2, 0.25) is 0 Å². The molecule has 32 heavy (non-hydrogen) atoms. The number of carbonyl (C=O) groups is 1. The monoisotopic (exact) mass is 432 g/mol. The molecule has 0 radical (unpaired) electrons. The van der Waals surface area contributed by atoms with E-state index >= 15 is 0 Å². The second kappa shape index (κ2) is 7.76. The number of hydrogen-bond donors (Lipinski definition) is 0. The number of aryl methyl sites for hydroxylation is 1. The molecule has 1 aliphatic heterocycles. The summed E-state index contributed by atoms with van der Waals surface area (Å²) in [4.78, 5) is 21.5. The van der Waals surface area contributed by atoms with Gasteiger partial charge in [-0.25, -0.2) is 19.0 Å². The topological polar surface area (TPSA) is 87.7 Å². The molecular formula is C23H21FN6O2. The second-order valence-electron chi connectivity index (χ2n) is 8.39. The van der Waals surface area contributed by atoms with Crippen molar-refractivity contribution in [3.05, 3.63) is 66.5 Å². The van der Waals surface area contributed by atoms with Gasteiger partial charge in [0, 0.05) is 42.4 Å². The molecule has 1 saturated heterocycles. The maximum Gasteiger partial charge on any atom is 0.165 e. The molecule has 0 spiro atoms. The summed E-state index contributed by atoms with van der Waals surface area (Å²) in [5.74, 6) is 0.384. The second-order valence-corrected chi connectivity index (χ2v) is 8.39. The van der Waals surface area contributed by atoms with Crippen LogP contribution in [0.4, 0.5) is 4.39 Å². The fourth-order valence-electron chi connectivity index (χ4n) is 3.76. The number of ether oxygens (including phenoxy) is 1. The van der Waals surface area contributed by atoms with Gasteiger partial charge in [0.15, 0.2) is 5.78 Å². The first-order chi connectivity index (χ1) is 15.4. The maximum atomic E-state index is 13.3. The Morgan fingerprint density at radius 1 is 1.16 bits per heavy atom.